The van der Waals surface area contributed by atoms with Crippen molar-refractivity contribution in [2.45, 2.75) is 20.0 Å². The number of ether oxygens (including phenoxy) is 2. The molecule has 0 aliphatic heterocycles. The predicted molar refractivity (Wildman–Crippen MR) is 110 cm³/mol. The number of carbonyl (C=O) groups is 2. The molecule has 2 amide bonds. The summed E-state index contributed by atoms with van der Waals surface area (Å²) in [5.41, 5.74) is 2.77. The topological polar surface area (TPSA) is 76.7 Å². The highest BCUT2D eigenvalue weighted by atomic mass is 16.6. The van der Waals surface area contributed by atoms with Gasteiger partial charge < -0.3 is 20.1 Å². The van der Waals surface area contributed by atoms with Gasteiger partial charge in [-0.05, 0) is 35.7 Å². The molecule has 3 rings (SSSR count). The smallest absolute Gasteiger partial charge is 0.406 e. The van der Waals surface area contributed by atoms with E-state index in [0.717, 1.165) is 16.7 Å². The molecular weight excluding hydrogens is 368 g/mol. The molecule has 0 saturated heterocycles. The van der Waals surface area contributed by atoms with E-state index in [9.17, 15) is 9.59 Å². The Balaban J connectivity index is 1.58. The Morgan fingerprint density at radius 1 is 0.690 bits per heavy atom. The molecule has 0 saturated carbocycles. The van der Waals surface area contributed by atoms with Gasteiger partial charge in [0.15, 0.2) is 11.5 Å². The molecule has 148 valence electrons. The molecule has 2 N–H and O–H groups in total. The summed E-state index contributed by atoms with van der Waals surface area (Å²) < 4.78 is 10.7. The Labute approximate surface area is 169 Å². The van der Waals surface area contributed by atoms with Crippen LogP contribution in [0.1, 0.15) is 16.7 Å². The van der Waals surface area contributed by atoms with E-state index >= 15 is 0 Å². The zero-order valence-electron chi connectivity index (χ0n) is 16.1. The second-order valence-corrected chi connectivity index (χ2v) is 6.41. The van der Waals surface area contributed by atoms with Crippen LogP contribution >= 0.6 is 0 Å². The molecule has 29 heavy (non-hydrogen) atoms. The van der Waals surface area contributed by atoms with E-state index < -0.39 is 12.2 Å². The third-order valence-electron chi connectivity index (χ3n) is 4.06. The molecule has 0 atom stereocenters. The van der Waals surface area contributed by atoms with Crippen molar-refractivity contribution in [3.63, 3.8) is 0 Å². The highest BCUT2D eigenvalue weighted by Gasteiger charge is 2.14. The first-order valence-corrected chi connectivity index (χ1v) is 9.20. The molecule has 0 unspecified atom stereocenters. The SMILES string of the molecule is Cc1ccc(OC(=O)NCc2ccccc2)c(OC(=O)NCc2ccccc2)c1. The molecule has 0 bridgehead atoms. The minimum Gasteiger partial charge on any atom is -0.406 e. The Morgan fingerprint density at radius 2 is 1.17 bits per heavy atom. The van der Waals surface area contributed by atoms with Crippen LogP contribution in [0.5, 0.6) is 11.5 Å². The third kappa shape index (κ3) is 6.39. The quantitative estimate of drug-likeness (QED) is 0.646. The molecule has 3 aromatic rings. The normalized spacial score (nSPS) is 10.1. The maximum absolute atomic E-state index is 12.2. The average Bonchev–Trinajstić information content (AvgIpc) is 2.74. The van der Waals surface area contributed by atoms with Gasteiger partial charge in [-0.15, -0.1) is 0 Å². The zero-order valence-corrected chi connectivity index (χ0v) is 16.1. The number of rotatable bonds is 6. The van der Waals surface area contributed by atoms with Crippen LogP contribution in [0.15, 0.2) is 78.9 Å². The molecule has 0 heterocycles. The van der Waals surface area contributed by atoms with Crippen molar-refractivity contribution in [1.82, 2.24) is 10.6 Å². The van der Waals surface area contributed by atoms with E-state index in [1.165, 1.54) is 0 Å². The second-order valence-electron chi connectivity index (χ2n) is 6.41. The summed E-state index contributed by atoms with van der Waals surface area (Å²) in [5, 5.41) is 5.35. The van der Waals surface area contributed by atoms with Crippen molar-refractivity contribution < 1.29 is 19.1 Å². The van der Waals surface area contributed by atoms with Gasteiger partial charge in [-0.3, -0.25) is 0 Å². The number of hydrogen-bond acceptors (Lipinski definition) is 4. The lowest BCUT2D eigenvalue weighted by Gasteiger charge is -2.12. The lowest BCUT2D eigenvalue weighted by atomic mass is 10.2. The van der Waals surface area contributed by atoms with Crippen molar-refractivity contribution in [3.8, 4) is 11.5 Å². The van der Waals surface area contributed by atoms with Crippen LogP contribution < -0.4 is 20.1 Å². The monoisotopic (exact) mass is 390 g/mol. The van der Waals surface area contributed by atoms with E-state index in [2.05, 4.69) is 10.6 Å². The predicted octanol–water partition coefficient (Wildman–Crippen LogP) is 4.57. The van der Waals surface area contributed by atoms with Crippen molar-refractivity contribution in [1.29, 1.82) is 0 Å². The van der Waals surface area contributed by atoms with Gasteiger partial charge in [0.1, 0.15) is 0 Å². The van der Waals surface area contributed by atoms with E-state index in [0.29, 0.717) is 13.1 Å². The molecule has 3 aromatic carbocycles. The molecule has 0 spiro atoms. The first-order chi connectivity index (χ1) is 14.1. The molecule has 6 heteroatoms. The third-order valence-corrected chi connectivity index (χ3v) is 4.06. The highest BCUT2D eigenvalue weighted by Crippen LogP contribution is 2.28. The van der Waals surface area contributed by atoms with E-state index in [1.54, 1.807) is 18.2 Å². The fraction of sp³-hybridized carbons (Fsp3) is 0.130. The van der Waals surface area contributed by atoms with Crippen LogP contribution in [0.3, 0.4) is 0 Å². The summed E-state index contributed by atoms with van der Waals surface area (Å²) in [6.07, 6.45) is -1.26. The number of hydrogen-bond donors (Lipinski definition) is 2. The number of amides is 2. The van der Waals surface area contributed by atoms with Gasteiger partial charge in [0.05, 0.1) is 0 Å². The van der Waals surface area contributed by atoms with Crippen molar-refractivity contribution in [2.75, 3.05) is 0 Å². The van der Waals surface area contributed by atoms with Crippen molar-refractivity contribution in [3.05, 3.63) is 95.6 Å². The summed E-state index contributed by atoms with van der Waals surface area (Å²) in [6.45, 7) is 2.52. The van der Waals surface area contributed by atoms with Gasteiger partial charge in [0, 0.05) is 13.1 Å². The summed E-state index contributed by atoms with van der Waals surface area (Å²) >= 11 is 0. The molecule has 0 aliphatic rings. The first kappa shape index (κ1) is 19.9. The molecular formula is C23H22N2O4. The van der Waals surface area contributed by atoms with Crippen molar-refractivity contribution >= 4 is 12.2 Å². The van der Waals surface area contributed by atoms with Crippen LogP contribution in [0.25, 0.3) is 0 Å². The van der Waals surface area contributed by atoms with Crippen LogP contribution in [0.4, 0.5) is 9.59 Å². The van der Waals surface area contributed by atoms with Gasteiger partial charge in [-0.1, -0.05) is 66.7 Å². The fourth-order valence-electron chi connectivity index (χ4n) is 2.59. The Morgan fingerprint density at radius 3 is 1.69 bits per heavy atom. The lowest BCUT2D eigenvalue weighted by molar-refractivity contribution is 0.189. The number of aryl methyl sites for hydroxylation is 1. The van der Waals surface area contributed by atoms with Crippen LogP contribution in [-0.4, -0.2) is 12.2 Å². The highest BCUT2D eigenvalue weighted by molar-refractivity contribution is 5.74. The summed E-state index contributed by atoms with van der Waals surface area (Å²) in [7, 11) is 0. The van der Waals surface area contributed by atoms with E-state index in [4.69, 9.17) is 9.47 Å². The standard InChI is InChI=1S/C23H22N2O4/c1-17-12-13-20(28-22(26)24-15-18-8-4-2-5-9-18)21(14-17)29-23(27)25-16-19-10-6-3-7-11-19/h2-14H,15-16H2,1H3,(H,24,26)(H,25,27). The molecule has 6 nitrogen and oxygen atoms in total. The van der Waals surface area contributed by atoms with Crippen LogP contribution in [0.2, 0.25) is 0 Å². The first-order valence-electron chi connectivity index (χ1n) is 9.20. The second kappa shape index (κ2) is 9.94. The Kier molecular flexibility index (Phi) is 6.84. The maximum Gasteiger partial charge on any atom is 0.413 e. The van der Waals surface area contributed by atoms with E-state index in [1.807, 2.05) is 67.6 Å². The maximum atomic E-state index is 12.2. The molecule has 0 aliphatic carbocycles. The fourth-order valence-corrected chi connectivity index (χ4v) is 2.59. The minimum absolute atomic E-state index is 0.163. The van der Waals surface area contributed by atoms with Gasteiger partial charge in [-0.25, -0.2) is 9.59 Å². The van der Waals surface area contributed by atoms with Gasteiger partial charge in [0.25, 0.3) is 0 Å². The minimum atomic E-state index is -0.632. The Bertz CT molecular complexity index is 959. The summed E-state index contributed by atoms with van der Waals surface area (Å²) in [5.74, 6) is 0.335. The number of benzene rings is 3. The number of carbonyl (C=O) groups excluding carboxylic acids is 2. The van der Waals surface area contributed by atoms with Gasteiger partial charge in [0.2, 0.25) is 0 Å². The molecule has 0 radical (unpaired) electrons. The summed E-state index contributed by atoms with van der Waals surface area (Å²) in [4.78, 5) is 24.3. The van der Waals surface area contributed by atoms with Crippen LogP contribution in [-0.2, 0) is 13.1 Å². The van der Waals surface area contributed by atoms with Gasteiger partial charge in [-0.2, -0.15) is 0 Å². The zero-order chi connectivity index (χ0) is 20.5. The molecule has 0 fully saturated rings. The number of nitrogens with one attached hydrogen (secondary N) is 2. The van der Waals surface area contributed by atoms with E-state index in [-0.39, 0.29) is 11.5 Å². The molecule has 0 aromatic heterocycles. The van der Waals surface area contributed by atoms with Gasteiger partial charge >= 0.3 is 12.2 Å². The summed E-state index contributed by atoms with van der Waals surface area (Å²) in [6, 6.07) is 24.0. The Hall–Kier alpha value is -3.80. The largest absolute Gasteiger partial charge is 0.413 e. The van der Waals surface area contributed by atoms with Crippen molar-refractivity contribution in [2.24, 2.45) is 0 Å². The average molecular weight is 390 g/mol. The van der Waals surface area contributed by atoms with Crippen LogP contribution in [0, 0.1) is 6.92 Å². The lowest BCUT2D eigenvalue weighted by Crippen LogP contribution is -2.28.